The van der Waals surface area contributed by atoms with Gasteiger partial charge in [0.15, 0.2) is 0 Å². The summed E-state index contributed by atoms with van der Waals surface area (Å²) in [5.41, 5.74) is 1.15. The lowest BCUT2D eigenvalue weighted by atomic mass is 10.2. The highest BCUT2D eigenvalue weighted by molar-refractivity contribution is 5.94. The predicted octanol–water partition coefficient (Wildman–Crippen LogP) is 2.34. The molecule has 0 saturated heterocycles. The van der Waals surface area contributed by atoms with E-state index in [1.165, 1.54) is 18.2 Å². The Labute approximate surface area is 126 Å². The van der Waals surface area contributed by atoms with Crippen molar-refractivity contribution in [2.24, 2.45) is 0 Å². The van der Waals surface area contributed by atoms with Crippen LogP contribution in [0.4, 0.5) is 4.39 Å². The largest absolute Gasteiger partial charge is 0.348 e. The number of imidazole rings is 1. The van der Waals surface area contributed by atoms with E-state index < -0.39 is 5.82 Å². The minimum absolute atomic E-state index is 0.294. The Morgan fingerprint density at radius 1 is 1.27 bits per heavy atom. The number of benzene rings is 1. The van der Waals surface area contributed by atoms with E-state index in [1.54, 1.807) is 35.6 Å². The molecule has 0 saturated carbocycles. The smallest absolute Gasteiger partial charge is 0.251 e. The lowest BCUT2D eigenvalue weighted by Gasteiger charge is -2.06. The van der Waals surface area contributed by atoms with Crippen molar-refractivity contribution < 1.29 is 9.18 Å². The Balaban J connectivity index is 1.63. The van der Waals surface area contributed by atoms with Crippen LogP contribution in [0.25, 0.3) is 5.82 Å². The Morgan fingerprint density at radius 3 is 2.86 bits per heavy atom. The second kappa shape index (κ2) is 6.17. The summed E-state index contributed by atoms with van der Waals surface area (Å²) in [6.07, 6.45) is 6.82. The van der Waals surface area contributed by atoms with E-state index in [0.717, 1.165) is 11.4 Å². The van der Waals surface area contributed by atoms with Crippen LogP contribution in [0.1, 0.15) is 15.9 Å². The number of carbonyl (C=O) groups excluding carboxylic acids is 1. The van der Waals surface area contributed by atoms with Crippen LogP contribution >= 0.6 is 0 Å². The summed E-state index contributed by atoms with van der Waals surface area (Å²) in [6, 6.07) is 9.29. The highest BCUT2D eigenvalue weighted by Crippen LogP contribution is 2.07. The van der Waals surface area contributed by atoms with Gasteiger partial charge in [-0.1, -0.05) is 12.1 Å². The fraction of sp³-hybridized carbons (Fsp3) is 0.0625. The first-order valence-corrected chi connectivity index (χ1v) is 6.69. The molecule has 1 amide bonds. The first-order chi connectivity index (χ1) is 10.7. The zero-order chi connectivity index (χ0) is 15.4. The lowest BCUT2D eigenvalue weighted by Crippen LogP contribution is -2.22. The maximum Gasteiger partial charge on any atom is 0.251 e. The molecule has 0 aliphatic rings. The third-order valence-electron chi connectivity index (χ3n) is 3.12. The second-order valence-corrected chi connectivity index (χ2v) is 4.69. The molecular weight excluding hydrogens is 283 g/mol. The molecule has 110 valence electrons. The fourth-order valence-corrected chi connectivity index (χ4v) is 1.98. The van der Waals surface area contributed by atoms with Crippen LogP contribution in [0, 0.1) is 5.82 Å². The van der Waals surface area contributed by atoms with Gasteiger partial charge in [-0.15, -0.1) is 0 Å². The third-order valence-corrected chi connectivity index (χ3v) is 3.12. The van der Waals surface area contributed by atoms with E-state index >= 15 is 0 Å². The fourth-order valence-electron chi connectivity index (χ4n) is 1.98. The first kappa shape index (κ1) is 13.9. The molecule has 0 atom stereocenters. The zero-order valence-corrected chi connectivity index (χ0v) is 11.6. The molecule has 1 N–H and O–H groups in total. The standard InChI is InChI=1S/C16H13FN4O/c17-14-3-1-2-13(8-14)16(22)20-10-12-4-5-15(19-9-12)21-7-6-18-11-21/h1-9,11H,10H2,(H,20,22). The van der Waals surface area contributed by atoms with Crippen LogP contribution in [0.5, 0.6) is 0 Å². The minimum atomic E-state index is -0.431. The van der Waals surface area contributed by atoms with Gasteiger partial charge in [-0.25, -0.2) is 14.4 Å². The lowest BCUT2D eigenvalue weighted by molar-refractivity contribution is 0.0950. The van der Waals surface area contributed by atoms with Gasteiger partial charge in [0.05, 0.1) is 0 Å². The first-order valence-electron chi connectivity index (χ1n) is 6.69. The molecular formula is C16H13FN4O. The van der Waals surface area contributed by atoms with Crippen LogP contribution in [-0.4, -0.2) is 20.4 Å². The van der Waals surface area contributed by atoms with Crippen LogP contribution in [-0.2, 0) is 6.54 Å². The molecule has 0 aliphatic carbocycles. The Bertz CT molecular complexity index is 769. The molecule has 0 aliphatic heterocycles. The number of rotatable bonds is 4. The Kier molecular flexibility index (Phi) is 3.91. The number of nitrogens with zero attached hydrogens (tertiary/aromatic N) is 3. The summed E-state index contributed by atoms with van der Waals surface area (Å²) in [5.74, 6) is -0.00473. The van der Waals surface area contributed by atoms with Crippen molar-refractivity contribution in [3.05, 3.63) is 78.3 Å². The predicted molar refractivity (Wildman–Crippen MR) is 78.9 cm³/mol. The summed E-state index contributed by atoms with van der Waals surface area (Å²) in [5, 5.41) is 2.73. The van der Waals surface area contributed by atoms with E-state index in [0.29, 0.717) is 12.1 Å². The van der Waals surface area contributed by atoms with E-state index in [-0.39, 0.29) is 5.91 Å². The van der Waals surface area contributed by atoms with Crippen LogP contribution in [0.2, 0.25) is 0 Å². The van der Waals surface area contributed by atoms with Gasteiger partial charge in [-0.05, 0) is 29.8 Å². The molecule has 2 heterocycles. The third kappa shape index (κ3) is 3.17. The summed E-state index contributed by atoms with van der Waals surface area (Å²) in [6.45, 7) is 0.326. The van der Waals surface area contributed by atoms with E-state index in [9.17, 15) is 9.18 Å². The number of carbonyl (C=O) groups is 1. The topological polar surface area (TPSA) is 59.8 Å². The maximum atomic E-state index is 13.1. The zero-order valence-electron chi connectivity index (χ0n) is 11.6. The molecule has 0 fully saturated rings. The average Bonchev–Trinajstić information content (AvgIpc) is 3.07. The number of amides is 1. The van der Waals surface area contributed by atoms with Crippen molar-refractivity contribution in [1.82, 2.24) is 19.9 Å². The SMILES string of the molecule is O=C(NCc1ccc(-n2ccnc2)nc1)c1cccc(F)c1. The van der Waals surface area contributed by atoms with Gasteiger partial charge in [-0.2, -0.15) is 0 Å². The van der Waals surface area contributed by atoms with Gasteiger partial charge in [-0.3, -0.25) is 9.36 Å². The van der Waals surface area contributed by atoms with Crippen molar-refractivity contribution >= 4 is 5.91 Å². The Hall–Kier alpha value is -3.02. The molecule has 3 rings (SSSR count). The molecule has 5 nitrogen and oxygen atoms in total. The summed E-state index contributed by atoms with van der Waals surface area (Å²) in [4.78, 5) is 20.2. The van der Waals surface area contributed by atoms with Crippen LogP contribution in [0.15, 0.2) is 61.3 Å². The van der Waals surface area contributed by atoms with Crippen LogP contribution < -0.4 is 5.32 Å². The quantitative estimate of drug-likeness (QED) is 0.804. The number of halogens is 1. The summed E-state index contributed by atoms with van der Waals surface area (Å²) >= 11 is 0. The van der Waals surface area contributed by atoms with Gasteiger partial charge >= 0.3 is 0 Å². The Morgan fingerprint density at radius 2 is 2.18 bits per heavy atom. The summed E-state index contributed by atoms with van der Waals surface area (Å²) in [7, 11) is 0. The number of hydrogen-bond acceptors (Lipinski definition) is 3. The van der Waals surface area contributed by atoms with Crippen molar-refractivity contribution in [3.8, 4) is 5.82 Å². The van der Waals surface area contributed by atoms with Gasteiger partial charge in [0, 0.05) is 30.7 Å². The molecule has 0 radical (unpaired) electrons. The van der Waals surface area contributed by atoms with E-state index in [1.807, 2.05) is 12.1 Å². The van der Waals surface area contributed by atoms with Crippen molar-refractivity contribution in [1.29, 1.82) is 0 Å². The second-order valence-electron chi connectivity index (χ2n) is 4.69. The molecule has 2 aromatic heterocycles. The summed E-state index contributed by atoms with van der Waals surface area (Å²) < 4.78 is 14.9. The molecule has 0 bridgehead atoms. The van der Waals surface area contributed by atoms with Crippen molar-refractivity contribution in [3.63, 3.8) is 0 Å². The molecule has 1 aromatic carbocycles. The van der Waals surface area contributed by atoms with E-state index in [2.05, 4.69) is 15.3 Å². The van der Waals surface area contributed by atoms with Gasteiger partial charge in [0.2, 0.25) is 0 Å². The van der Waals surface area contributed by atoms with Crippen molar-refractivity contribution in [2.75, 3.05) is 0 Å². The molecule has 0 unspecified atom stereocenters. The van der Waals surface area contributed by atoms with Crippen molar-refractivity contribution in [2.45, 2.75) is 6.54 Å². The monoisotopic (exact) mass is 296 g/mol. The molecule has 3 aromatic rings. The highest BCUT2D eigenvalue weighted by Gasteiger charge is 2.06. The maximum absolute atomic E-state index is 13.1. The highest BCUT2D eigenvalue weighted by atomic mass is 19.1. The van der Waals surface area contributed by atoms with Gasteiger partial charge < -0.3 is 5.32 Å². The van der Waals surface area contributed by atoms with Gasteiger partial charge in [0.25, 0.3) is 5.91 Å². The number of aromatic nitrogens is 3. The number of pyridine rings is 1. The minimum Gasteiger partial charge on any atom is -0.348 e. The van der Waals surface area contributed by atoms with Crippen LogP contribution in [0.3, 0.4) is 0 Å². The molecule has 0 spiro atoms. The normalized spacial score (nSPS) is 10.4. The number of nitrogens with one attached hydrogen (secondary N) is 1. The molecule has 22 heavy (non-hydrogen) atoms. The molecule has 6 heteroatoms. The van der Waals surface area contributed by atoms with E-state index in [4.69, 9.17) is 0 Å². The van der Waals surface area contributed by atoms with Gasteiger partial charge in [0.1, 0.15) is 18.0 Å². The average molecular weight is 296 g/mol. The number of hydrogen-bond donors (Lipinski definition) is 1.